The van der Waals surface area contributed by atoms with E-state index in [9.17, 15) is 19.2 Å². The van der Waals surface area contributed by atoms with Gasteiger partial charge in [-0.25, -0.2) is 20.4 Å². The summed E-state index contributed by atoms with van der Waals surface area (Å²) in [7, 11) is 2.51. The van der Waals surface area contributed by atoms with Crippen molar-refractivity contribution in [3.05, 3.63) is 108 Å². The van der Waals surface area contributed by atoms with Crippen LogP contribution in [0.4, 0.5) is 9.59 Å². The summed E-state index contributed by atoms with van der Waals surface area (Å²) in [6.45, 7) is 11.6. The first-order valence-electron chi connectivity index (χ1n) is 17.2. The van der Waals surface area contributed by atoms with Gasteiger partial charge in [-0.2, -0.15) is 5.10 Å². The average Bonchev–Trinajstić information content (AvgIpc) is 3.16. The van der Waals surface area contributed by atoms with Gasteiger partial charge in [-0.3, -0.25) is 25.0 Å². The molecule has 2 atom stereocenters. The second-order valence-corrected chi connectivity index (χ2v) is 14.2. The highest BCUT2D eigenvalue weighted by molar-refractivity contribution is 5.88. The van der Waals surface area contributed by atoms with Crippen molar-refractivity contribution in [2.75, 3.05) is 14.2 Å². The number of hydrogen-bond donors (Lipinski definition) is 5. The normalized spacial score (nSPS) is 12.3. The predicted octanol–water partition coefficient (Wildman–Crippen LogP) is 5.61. The zero-order valence-electron chi connectivity index (χ0n) is 32.0. The van der Waals surface area contributed by atoms with Crippen molar-refractivity contribution in [2.24, 2.45) is 15.9 Å². The number of rotatable bonds is 11. The number of nitrogens with zero attached hydrogens (tertiary/aromatic N) is 3. The Bertz CT molecular complexity index is 1820. The number of aromatic nitrogens is 2. The maximum atomic E-state index is 12.4. The van der Waals surface area contributed by atoms with Crippen LogP contribution in [0.5, 0.6) is 0 Å². The van der Waals surface area contributed by atoms with E-state index < -0.39 is 41.0 Å². The largest absolute Gasteiger partial charge is 0.453 e. The first-order chi connectivity index (χ1) is 25.6. The summed E-state index contributed by atoms with van der Waals surface area (Å²) < 4.78 is 9.17. The van der Waals surface area contributed by atoms with Crippen LogP contribution < -0.4 is 26.9 Å². The van der Waals surface area contributed by atoms with Gasteiger partial charge in [0.2, 0.25) is 0 Å². The molecule has 0 aliphatic rings. The van der Waals surface area contributed by atoms with Gasteiger partial charge in [0.1, 0.15) is 12.1 Å². The van der Waals surface area contributed by atoms with Crippen LogP contribution in [0, 0.1) is 10.8 Å². The van der Waals surface area contributed by atoms with Gasteiger partial charge in [-0.1, -0.05) is 102 Å². The van der Waals surface area contributed by atoms with Gasteiger partial charge in [-0.15, -0.1) is 0 Å². The molecule has 4 rings (SSSR count). The van der Waals surface area contributed by atoms with Crippen molar-refractivity contribution in [1.82, 2.24) is 36.9 Å². The topological polar surface area (TPSA) is 185 Å². The second-order valence-electron chi connectivity index (χ2n) is 14.2. The number of benzene rings is 2. The molecular weight excluding hydrogens is 688 g/mol. The van der Waals surface area contributed by atoms with E-state index >= 15 is 0 Å². The minimum absolute atomic E-state index is 0.335. The highest BCUT2D eigenvalue weighted by Crippen LogP contribution is 2.21. The number of hydrazone groups is 1. The summed E-state index contributed by atoms with van der Waals surface area (Å²) in [5.41, 5.74) is 12.7. The molecule has 0 fully saturated rings. The van der Waals surface area contributed by atoms with Gasteiger partial charge in [0.15, 0.2) is 0 Å². The summed E-state index contributed by atoms with van der Waals surface area (Å²) in [4.78, 5) is 56.3. The van der Waals surface area contributed by atoms with Crippen molar-refractivity contribution in [3.8, 4) is 22.5 Å². The lowest BCUT2D eigenvalue weighted by Crippen LogP contribution is -2.56. The highest BCUT2D eigenvalue weighted by Gasteiger charge is 2.34. The fraction of sp³-hybridized carbons (Fsp3) is 0.325. The van der Waals surface area contributed by atoms with E-state index in [-0.39, 0.29) is 5.91 Å². The Balaban J connectivity index is 0.000000290. The van der Waals surface area contributed by atoms with Crippen LogP contribution >= 0.6 is 0 Å². The van der Waals surface area contributed by atoms with Gasteiger partial charge in [0.25, 0.3) is 11.8 Å². The number of methoxy groups -OCH3 is 2. The summed E-state index contributed by atoms with van der Waals surface area (Å²) in [6, 6.07) is 25.5. The fourth-order valence-electron chi connectivity index (χ4n) is 4.85. The van der Waals surface area contributed by atoms with Crippen LogP contribution in [0.3, 0.4) is 0 Å². The van der Waals surface area contributed by atoms with Crippen LogP contribution in [0.2, 0.25) is 0 Å². The molecule has 0 spiro atoms. The molecule has 2 aromatic carbocycles. The quantitative estimate of drug-likeness (QED) is 0.0964. The van der Waals surface area contributed by atoms with Gasteiger partial charge < -0.3 is 20.1 Å². The van der Waals surface area contributed by atoms with Crippen LogP contribution in [0.1, 0.15) is 52.7 Å². The van der Waals surface area contributed by atoms with Gasteiger partial charge in [0, 0.05) is 30.1 Å². The van der Waals surface area contributed by atoms with Gasteiger partial charge in [-0.05, 0) is 46.2 Å². The highest BCUT2D eigenvalue weighted by atomic mass is 16.5. The number of nitrogens with one attached hydrogen (secondary N) is 5. The number of hydrazine groups is 1. The molecule has 0 bridgehead atoms. The maximum Gasteiger partial charge on any atom is 0.407 e. The van der Waals surface area contributed by atoms with Gasteiger partial charge >= 0.3 is 12.2 Å². The number of ether oxygens (including phenoxy) is 2. The SMILES string of the molecule is COC(=O)N[C@H](C(=O)N/N=C/c1ccc(-c2ccccn2)cc1)C(C)(C)C.COC(=O)N[C@H](C(=O)NNCc1ccc(-c2ccccn2)cc1)C(C)(C)C. The van der Waals surface area contributed by atoms with Crippen molar-refractivity contribution >= 4 is 30.2 Å². The third kappa shape index (κ3) is 13.8. The van der Waals surface area contributed by atoms with E-state index in [0.29, 0.717) is 6.54 Å². The minimum Gasteiger partial charge on any atom is -0.453 e. The van der Waals surface area contributed by atoms with E-state index in [2.05, 4.69) is 51.5 Å². The molecule has 5 N–H and O–H groups in total. The standard InChI is InChI=1S/C20H26N4O3.C20H24N4O3/c2*1-20(2,3)17(23-19(26)27-4)18(25)24-22-13-14-8-10-15(11-9-14)16-7-5-6-12-21-16/h5-12,17,22H,13H2,1-4H3,(H,23,26)(H,24,25);5-13,17H,1-4H3,(H,23,26)(H,24,25)/b;22-13+/t2*17-/m11/s1. The van der Waals surface area contributed by atoms with Crippen molar-refractivity contribution in [3.63, 3.8) is 0 Å². The Morgan fingerprint density at radius 3 is 1.56 bits per heavy atom. The molecule has 4 aromatic rings. The zero-order chi connectivity index (χ0) is 39.7. The molecule has 2 heterocycles. The second kappa shape index (κ2) is 20.2. The molecule has 14 nitrogen and oxygen atoms in total. The molecule has 14 heteroatoms. The Morgan fingerprint density at radius 1 is 0.667 bits per heavy atom. The smallest absolute Gasteiger partial charge is 0.407 e. The molecule has 0 unspecified atom stereocenters. The summed E-state index contributed by atoms with van der Waals surface area (Å²) in [5, 5.41) is 9.07. The number of pyridine rings is 2. The number of alkyl carbamates (subject to hydrolysis) is 2. The lowest BCUT2D eigenvalue weighted by molar-refractivity contribution is -0.126. The third-order valence-electron chi connectivity index (χ3n) is 7.83. The van der Waals surface area contributed by atoms with E-state index in [0.717, 1.165) is 33.6 Å². The maximum absolute atomic E-state index is 12.4. The molecule has 0 radical (unpaired) electrons. The molecule has 0 saturated heterocycles. The Hall–Kier alpha value is -6.15. The molecular formula is C40H50N8O6. The summed E-state index contributed by atoms with van der Waals surface area (Å²) in [5.74, 6) is -0.757. The third-order valence-corrected chi connectivity index (χ3v) is 7.83. The number of carbonyl (C=O) groups excluding carboxylic acids is 4. The van der Waals surface area contributed by atoms with Crippen molar-refractivity contribution in [1.29, 1.82) is 0 Å². The lowest BCUT2D eigenvalue weighted by Gasteiger charge is -2.29. The molecule has 0 saturated carbocycles. The van der Waals surface area contributed by atoms with Crippen LogP contribution in [0.15, 0.2) is 102 Å². The number of amides is 4. The molecule has 286 valence electrons. The molecule has 2 aromatic heterocycles. The monoisotopic (exact) mass is 738 g/mol. The fourth-order valence-corrected chi connectivity index (χ4v) is 4.85. The average molecular weight is 739 g/mol. The van der Waals surface area contributed by atoms with E-state index in [1.807, 2.05) is 126 Å². The summed E-state index contributed by atoms with van der Waals surface area (Å²) >= 11 is 0. The van der Waals surface area contributed by atoms with Crippen molar-refractivity contribution in [2.45, 2.75) is 60.2 Å². The first-order valence-corrected chi connectivity index (χ1v) is 17.2. The zero-order valence-corrected chi connectivity index (χ0v) is 32.0. The van der Waals surface area contributed by atoms with E-state index in [1.165, 1.54) is 20.4 Å². The summed E-state index contributed by atoms with van der Waals surface area (Å²) in [6.07, 6.45) is 3.73. The van der Waals surface area contributed by atoms with Crippen LogP contribution in [-0.4, -0.2) is 66.5 Å². The first kappa shape index (κ1) is 42.3. The molecule has 4 amide bonds. The Morgan fingerprint density at radius 2 is 1.13 bits per heavy atom. The minimum atomic E-state index is -0.784. The molecule has 54 heavy (non-hydrogen) atoms. The molecule has 0 aliphatic carbocycles. The van der Waals surface area contributed by atoms with Crippen molar-refractivity contribution < 1.29 is 28.7 Å². The number of hydrogen-bond acceptors (Lipinski definition) is 10. The predicted molar refractivity (Wildman–Crippen MR) is 208 cm³/mol. The molecule has 0 aliphatic heterocycles. The van der Waals surface area contributed by atoms with E-state index in [4.69, 9.17) is 0 Å². The van der Waals surface area contributed by atoms with Crippen LogP contribution in [-0.2, 0) is 25.6 Å². The lowest BCUT2D eigenvalue weighted by atomic mass is 9.86. The Kier molecular flexibility index (Phi) is 15.8. The van der Waals surface area contributed by atoms with Gasteiger partial charge in [0.05, 0.1) is 31.8 Å². The van der Waals surface area contributed by atoms with Crippen LogP contribution in [0.25, 0.3) is 22.5 Å². The number of carbonyl (C=O) groups is 4. The van der Waals surface area contributed by atoms with E-state index in [1.54, 1.807) is 12.4 Å². The Labute approximate surface area is 316 Å².